The summed E-state index contributed by atoms with van der Waals surface area (Å²) in [5.74, 6) is 0.674. The van der Waals surface area contributed by atoms with Gasteiger partial charge in [0.2, 0.25) is 11.0 Å². The van der Waals surface area contributed by atoms with Crippen molar-refractivity contribution in [1.29, 1.82) is 0 Å². The molecule has 24 heavy (non-hydrogen) atoms. The lowest BCUT2D eigenvalue weighted by molar-refractivity contribution is -0.132. The molecule has 0 aromatic carbocycles. The molecule has 0 unspecified atom stereocenters. The lowest BCUT2D eigenvalue weighted by atomic mass is 10.3. The smallest absolute Gasteiger partial charge is 0.276 e. The third-order valence-corrected chi connectivity index (χ3v) is 6.11. The molecule has 136 valence electrons. The number of amides is 1. The van der Waals surface area contributed by atoms with Crippen molar-refractivity contribution in [1.82, 2.24) is 14.1 Å². The molecule has 0 atom stereocenters. The van der Waals surface area contributed by atoms with Crippen LogP contribution in [0.1, 0.15) is 26.0 Å². The number of aryl methyl sites for hydroxylation is 1. The number of carbonyl (C=O) groups is 1. The standard InChI is InChI=1S/C16H27N3O4S/c1-4-18(5-2)15(20)13-17-9-6-10-19(12-11-17)24(21,22)16-8-7-14(3)23-16/h7-8H,4-6,9-13H2,1-3H3. The summed E-state index contributed by atoms with van der Waals surface area (Å²) in [7, 11) is -3.60. The van der Waals surface area contributed by atoms with Gasteiger partial charge < -0.3 is 9.32 Å². The highest BCUT2D eigenvalue weighted by molar-refractivity contribution is 7.89. The second-order valence-electron chi connectivity index (χ2n) is 5.96. The zero-order valence-electron chi connectivity index (χ0n) is 14.7. The predicted molar refractivity (Wildman–Crippen MR) is 91.2 cm³/mol. The van der Waals surface area contributed by atoms with Crippen LogP contribution in [0.4, 0.5) is 0 Å². The number of hydrogen-bond donors (Lipinski definition) is 0. The van der Waals surface area contributed by atoms with Gasteiger partial charge in [-0.25, -0.2) is 8.42 Å². The SMILES string of the molecule is CCN(CC)C(=O)CN1CCCN(S(=O)(=O)c2ccc(C)o2)CC1. The largest absolute Gasteiger partial charge is 0.449 e. The molecule has 1 amide bonds. The summed E-state index contributed by atoms with van der Waals surface area (Å²) >= 11 is 0. The Kier molecular flexibility index (Phi) is 6.42. The molecule has 0 radical (unpaired) electrons. The van der Waals surface area contributed by atoms with Crippen molar-refractivity contribution in [3.05, 3.63) is 17.9 Å². The Hall–Kier alpha value is -1.38. The van der Waals surface area contributed by atoms with Gasteiger partial charge in [0.25, 0.3) is 10.0 Å². The lowest BCUT2D eigenvalue weighted by Crippen LogP contribution is -2.42. The van der Waals surface area contributed by atoms with E-state index in [1.54, 1.807) is 17.9 Å². The molecule has 1 aliphatic heterocycles. The van der Waals surface area contributed by atoms with Crippen molar-refractivity contribution >= 4 is 15.9 Å². The van der Waals surface area contributed by atoms with Crippen LogP contribution in [0.2, 0.25) is 0 Å². The highest BCUT2D eigenvalue weighted by Crippen LogP contribution is 2.20. The van der Waals surface area contributed by atoms with Gasteiger partial charge in [-0.15, -0.1) is 0 Å². The van der Waals surface area contributed by atoms with Crippen LogP contribution in [-0.4, -0.2) is 74.2 Å². The van der Waals surface area contributed by atoms with Crippen LogP contribution in [0.25, 0.3) is 0 Å². The summed E-state index contributed by atoms with van der Waals surface area (Å²) < 4.78 is 32.0. The predicted octanol–water partition coefficient (Wildman–Crippen LogP) is 1.15. The molecular formula is C16H27N3O4S. The van der Waals surface area contributed by atoms with Gasteiger partial charge >= 0.3 is 0 Å². The average Bonchev–Trinajstić information content (AvgIpc) is 2.84. The first-order valence-corrected chi connectivity index (χ1v) is 9.89. The molecule has 0 saturated carbocycles. The molecule has 2 rings (SSSR count). The zero-order chi connectivity index (χ0) is 17.7. The Bertz CT molecular complexity index is 652. The minimum absolute atomic E-state index is 0.00679. The van der Waals surface area contributed by atoms with E-state index in [0.29, 0.717) is 51.4 Å². The normalized spacial score (nSPS) is 17.6. The number of rotatable bonds is 6. The van der Waals surface area contributed by atoms with Crippen molar-refractivity contribution in [3.8, 4) is 0 Å². The first kappa shape index (κ1) is 19.0. The van der Waals surface area contributed by atoms with Crippen LogP contribution in [0.3, 0.4) is 0 Å². The number of carbonyl (C=O) groups excluding carboxylic acids is 1. The van der Waals surface area contributed by atoms with E-state index in [1.807, 2.05) is 18.7 Å². The molecule has 0 spiro atoms. The van der Waals surface area contributed by atoms with Crippen molar-refractivity contribution in [2.75, 3.05) is 45.8 Å². The minimum Gasteiger partial charge on any atom is -0.449 e. The molecular weight excluding hydrogens is 330 g/mol. The maximum absolute atomic E-state index is 12.6. The maximum Gasteiger partial charge on any atom is 0.276 e. The van der Waals surface area contributed by atoms with E-state index in [-0.39, 0.29) is 11.0 Å². The molecule has 1 fully saturated rings. The van der Waals surface area contributed by atoms with Crippen LogP contribution in [0, 0.1) is 6.92 Å². The summed E-state index contributed by atoms with van der Waals surface area (Å²) in [5, 5.41) is -0.00679. The van der Waals surface area contributed by atoms with E-state index in [1.165, 1.54) is 10.4 Å². The molecule has 0 N–H and O–H groups in total. The Labute approximate surface area is 144 Å². The van der Waals surface area contributed by atoms with Crippen molar-refractivity contribution in [2.45, 2.75) is 32.3 Å². The molecule has 1 aromatic heterocycles. The third-order valence-electron chi connectivity index (χ3n) is 4.33. The minimum atomic E-state index is -3.60. The molecule has 0 aliphatic carbocycles. The Morgan fingerprint density at radius 1 is 1.17 bits per heavy atom. The molecule has 1 saturated heterocycles. The van der Waals surface area contributed by atoms with Gasteiger partial charge in [-0.05, 0) is 45.9 Å². The molecule has 0 bridgehead atoms. The Balaban J connectivity index is 1.99. The van der Waals surface area contributed by atoms with E-state index >= 15 is 0 Å². The fourth-order valence-electron chi connectivity index (χ4n) is 2.89. The van der Waals surface area contributed by atoms with Gasteiger partial charge in [-0.1, -0.05) is 0 Å². The van der Waals surface area contributed by atoms with Gasteiger partial charge in [0.1, 0.15) is 5.76 Å². The molecule has 7 nitrogen and oxygen atoms in total. The number of hydrogen-bond acceptors (Lipinski definition) is 5. The van der Waals surface area contributed by atoms with Gasteiger partial charge in [0.15, 0.2) is 0 Å². The fourth-order valence-corrected chi connectivity index (χ4v) is 4.31. The zero-order valence-corrected chi connectivity index (χ0v) is 15.5. The summed E-state index contributed by atoms with van der Waals surface area (Å²) in [6, 6.07) is 3.15. The van der Waals surface area contributed by atoms with Crippen LogP contribution in [0.15, 0.2) is 21.6 Å². The van der Waals surface area contributed by atoms with E-state index in [2.05, 4.69) is 0 Å². The quantitative estimate of drug-likeness (QED) is 0.764. The van der Waals surface area contributed by atoms with Gasteiger partial charge in [-0.3, -0.25) is 9.69 Å². The van der Waals surface area contributed by atoms with Crippen molar-refractivity contribution in [3.63, 3.8) is 0 Å². The van der Waals surface area contributed by atoms with Crippen molar-refractivity contribution in [2.24, 2.45) is 0 Å². The highest BCUT2D eigenvalue weighted by Gasteiger charge is 2.30. The van der Waals surface area contributed by atoms with Gasteiger partial charge in [-0.2, -0.15) is 4.31 Å². The fraction of sp³-hybridized carbons (Fsp3) is 0.688. The van der Waals surface area contributed by atoms with Crippen LogP contribution < -0.4 is 0 Å². The van der Waals surface area contributed by atoms with E-state index in [9.17, 15) is 13.2 Å². The van der Waals surface area contributed by atoms with E-state index < -0.39 is 10.0 Å². The second kappa shape index (κ2) is 8.13. The summed E-state index contributed by atoms with van der Waals surface area (Å²) in [4.78, 5) is 16.1. The average molecular weight is 357 g/mol. The summed E-state index contributed by atoms with van der Waals surface area (Å²) in [6.07, 6.45) is 0.699. The highest BCUT2D eigenvalue weighted by atomic mass is 32.2. The first-order valence-electron chi connectivity index (χ1n) is 8.45. The van der Waals surface area contributed by atoms with Crippen LogP contribution in [-0.2, 0) is 14.8 Å². The second-order valence-corrected chi connectivity index (χ2v) is 7.83. The first-order chi connectivity index (χ1) is 11.4. The lowest BCUT2D eigenvalue weighted by Gasteiger charge is -2.24. The monoisotopic (exact) mass is 357 g/mol. The maximum atomic E-state index is 12.6. The number of likely N-dealkylation sites (N-methyl/N-ethyl adjacent to an activating group) is 1. The third kappa shape index (κ3) is 4.37. The van der Waals surface area contributed by atoms with E-state index in [4.69, 9.17) is 4.42 Å². The molecule has 2 heterocycles. The van der Waals surface area contributed by atoms with Gasteiger partial charge in [0, 0.05) is 32.7 Å². The van der Waals surface area contributed by atoms with Crippen LogP contribution >= 0.6 is 0 Å². The number of furan rings is 1. The number of sulfonamides is 1. The summed E-state index contributed by atoms with van der Waals surface area (Å²) in [5.41, 5.74) is 0. The number of nitrogens with zero attached hydrogens (tertiary/aromatic N) is 3. The molecule has 1 aromatic rings. The molecule has 1 aliphatic rings. The van der Waals surface area contributed by atoms with Crippen LogP contribution in [0.5, 0.6) is 0 Å². The van der Waals surface area contributed by atoms with Crippen molar-refractivity contribution < 1.29 is 17.6 Å². The van der Waals surface area contributed by atoms with Gasteiger partial charge in [0.05, 0.1) is 6.54 Å². The topological polar surface area (TPSA) is 74.1 Å². The Morgan fingerprint density at radius 3 is 2.46 bits per heavy atom. The Morgan fingerprint density at radius 2 is 1.88 bits per heavy atom. The van der Waals surface area contributed by atoms with E-state index in [0.717, 1.165) is 6.54 Å². The summed E-state index contributed by atoms with van der Waals surface area (Å²) in [6.45, 7) is 9.46. The molecule has 8 heteroatoms.